The molecule has 2 aromatic heterocycles. The number of carbonyl (C=O) groups is 1. The molecule has 3 aliphatic rings. The number of aryl methyl sites for hydroxylation is 1. The molecule has 2 N–H and O–H groups in total. The summed E-state index contributed by atoms with van der Waals surface area (Å²) >= 11 is 0. The first-order valence-corrected chi connectivity index (χ1v) is 9.00. The number of fused-ring (bicyclic) bond motifs is 4. The van der Waals surface area contributed by atoms with Crippen molar-refractivity contribution in [3.05, 3.63) is 28.7 Å². The topological polar surface area (TPSA) is 116 Å². The lowest BCUT2D eigenvalue weighted by molar-refractivity contribution is -0.164. The van der Waals surface area contributed by atoms with Gasteiger partial charge in [0.1, 0.15) is 5.52 Å². The Morgan fingerprint density at radius 2 is 2.15 bits per heavy atom. The maximum atomic E-state index is 12.4. The standard InChI is InChI=1S/C18H22N4O5/c1-26-13-3-2-12-15(20-13)22(14(23)10-19-12)9-8-18-6-4-17(5-7-18,11-27-18)21-16(24)25/h2-3,10,21H,4-9,11H2,1H3,(H,24,25). The number of carboxylic acid groups (broad SMARTS) is 1. The van der Waals surface area contributed by atoms with Crippen LogP contribution in [0.1, 0.15) is 32.1 Å². The van der Waals surface area contributed by atoms with Gasteiger partial charge in [0, 0.05) is 12.6 Å². The third-order valence-corrected chi connectivity index (χ3v) is 5.81. The Kier molecular flexibility index (Phi) is 4.26. The van der Waals surface area contributed by atoms with E-state index in [1.54, 1.807) is 16.7 Å². The SMILES string of the molecule is COc1ccc2ncc(=O)n(CCC34CCC(NC(=O)O)(CC3)CO4)c2n1. The highest BCUT2D eigenvalue weighted by atomic mass is 16.5. The van der Waals surface area contributed by atoms with E-state index in [0.717, 1.165) is 25.7 Å². The average molecular weight is 374 g/mol. The molecular formula is C18H22N4O5. The van der Waals surface area contributed by atoms with Crippen LogP contribution in [0.25, 0.3) is 11.2 Å². The lowest BCUT2D eigenvalue weighted by Crippen LogP contribution is -2.62. The summed E-state index contributed by atoms with van der Waals surface area (Å²) in [5.74, 6) is 0.429. The molecule has 2 aromatic rings. The molecule has 5 rings (SSSR count). The normalized spacial score (nSPS) is 26.9. The molecule has 4 heterocycles. The molecule has 0 radical (unpaired) electrons. The van der Waals surface area contributed by atoms with E-state index in [9.17, 15) is 9.59 Å². The number of hydrogen-bond acceptors (Lipinski definition) is 6. The minimum Gasteiger partial charge on any atom is -0.481 e. The smallest absolute Gasteiger partial charge is 0.405 e. The predicted octanol–water partition coefficient (Wildman–Crippen LogP) is 1.54. The Bertz CT molecular complexity index is 916. The van der Waals surface area contributed by atoms with E-state index in [0.29, 0.717) is 36.6 Å². The second-order valence-electron chi connectivity index (χ2n) is 7.38. The highest BCUT2D eigenvalue weighted by Crippen LogP contribution is 2.45. The second-order valence-corrected chi connectivity index (χ2v) is 7.38. The van der Waals surface area contributed by atoms with Gasteiger partial charge in [-0.1, -0.05) is 0 Å². The summed E-state index contributed by atoms with van der Waals surface area (Å²) in [5.41, 5.74) is 0.115. The Hall–Kier alpha value is -2.68. The van der Waals surface area contributed by atoms with E-state index in [1.807, 2.05) is 0 Å². The van der Waals surface area contributed by atoms with Crippen molar-refractivity contribution in [2.45, 2.75) is 49.8 Å². The average Bonchev–Trinajstić information content (AvgIpc) is 2.67. The molecule has 9 heteroatoms. The summed E-state index contributed by atoms with van der Waals surface area (Å²) in [6.45, 7) is 0.828. The molecule has 2 bridgehead atoms. The zero-order valence-corrected chi connectivity index (χ0v) is 15.1. The van der Waals surface area contributed by atoms with Gasteiger partial charge >= 0.3 is 6.09 Å². The van der Waals surface area contributed by atoms with Crippen LogP contribution in [0, 0.1) is 0 Å². The molecule has 2 saturated heterocycles. The van der Waals surface area contributed by atoms with Crippen molar-refractivity contribution in [1.82, 2.24) is 19.9 Å². The summed E-state index contributed by atoms with van der Waals surface area (Å²) in [5, 5.41) is 11.7. The van der Waals surface area contributed by atoms with E-state index in [1.165, 1.54) is 13.3 Å². The number of aromatic nitrogens is 3. The fraction of sp³-hybridized carbons (Fsp3) is 0.556. The molecule has 0 spiro atoms. The summed E-state index contributed by atoms with van der Waals surface area (Å²) in [4.78, 5) is 31.9. The maximum Gasteiger partial charge on any atom is 0.405 e. The van der Waals surface area contributed by atoms with Gasteiger partial charge in [-0.15, -0.1) is 0 Å². The molecule has 2 aliphatic heterocycles. The number of ether oxygens (including phenoxy) is 2. The molecular weight excluding hydrogens is 352 g/mol. The van der Waals surface area contributed by atoms with Gasteiger partial charge in [-0.2, -0.15) is 4.98 Å². The molecule has 144 valence electrons. The van der Waals surface area contributed by atoms with Crippen LogP contribution in [0.4, 0.5) is 4.79 Å². The zero-order valence-electron chi connectivity index (χ0n) is 15.1. The van der Waals surface area contributed by atoms with Crippen molar-refractivity contribution >= 4 is 17.3 Å². The fourth-order valence-electron chi connectivity index (χ4n) is 4.14. The molecule has 1 amide bonds. The van der Waals surface area contributed by atoms with E-state index in [2.05, 4.69) is 15.3 Å². The van der Waals surface area contributed by atoms with Gasteiger partial charge in [0.2, 0.25) is 5.88 Å². The van der Waals surface area contributed by atoms with Crippen molar-refractivity contribution in [1.29, 1.82) is 0 Å². The molecule has 1 saturated carbocycles. The van der Waals surface area contributed by atoms with E-state index in [4.69, 9.17) is 14.6 Å². The largest absolute Gasteiger partial charge is 0.481 e. The summed E-state index contributed by atoms with van der Waals surface area (Å²) in [6.07, 6.45) is 3.98. The molecule has 9 nitrogen and oxygen atoms in total. The maximum absolute atomic E-state index is 12.4. The van der Waals surface area contributed by atoms with E-state index in [-0.39, 0.29) is 11.2 Å². The Morgan fingerprint density at radius 1 is 1.37 bits per heavy atom. The summed E-state index contributed by atoms with van der Waals surface area (Å²) in [6, 6.07) is 3.49. The third kappa shape index (κ3) is 3.23. The van der Waals surface area contributed by atoms with Crippen LogP contribution >= 0.6 is 0 Å². The fourth-order valence-corrected chi connectivity index (χ4v) is 4.14. The van der Waals surface area contributed by atoms with Crippen LogP contribution in [0.2, 0.25) is 0 Å². The third-order valence-electron chi connectivity index (χ3n) is 5.81. The molecule has 0 unspecified atom stereocenters. The van der Waals surface area contributed by atoms with Crippen LogP contribution in [-0.2, 0) is 11.3 Å². The van der Waals surface area contributed by atoms with Crippen molar-refractivity contribution in [2.24, 2.45) is 0 Å². The number of methoxy groups -OCH3 is 1. The second kappa shape index (κ2) is 6.49. The zero-order chi connectivity index (χ0) is 19.1. The number of amides is 1. The molecule has 27 heavy (non-hydrogen) atoms. The molecule has 0 aromatic carbocycles. The van der Waals surface area contributed by atoms with Crippen molar-refractivity contribution in [2.75, 3.05) is 13.7 Å². The molecule has 3 fully saturated rings. The van der Waals surface area contributed by atoms with Gasteiger partial charge in [-0.25, -0.2) is 9.78 Å². The highest BCUT2D eigenvalue weighted by molar-refractivity contribution is 5.70. The van der Waals surface area contributed by atoms with Crippen LogP contribution in [0.3, 0.4) is 0 Å². The predicted molar refractivity (Wildman–Crippen MR) is 96.0 cm³/mol. The number of hydrogen-bond donors (Lipinski definition) is 2. The minimum absolute atomic E-state index is 0.215. The minimum atomic E-state index is -1.01. The number of nitrogens with zero attached hydrogens (tertiary/aromatic N) is 3. The van der Waals surface area contributed by atoms with Gasteiger partial charge in [0.25, 0.3) is 5.56 Å². The lowest BCUT2D eigenvalue weighted by atomic mass is 9.70. The van der Waals surface area contributed by atoms with E-state index >= 15 is 0 Å². The van der Waals surface area contributed by atoms with Gasteiger partial charge < -0.3 is 19.9 Å². The quantitative estimate of drug-likeness (QED) is 0.815. The van der Waals surface area contributed by atoms with Crippen LogP contribution in [0.5, 0.6) is 5.88 Å². The first-order valence-electron chi connectivity index (χ1n) is 9.00. The summed E-state index contributed by atoms with van der Waals surface area (Å²) in [7, 11) is 1.53. The van der Waals surface area contributed by atoms with Crippen LogP contribution in [0.15, 0.2) is 23.1 Å². The van der Waals surface area contributed by atoms with Crippen LogP contribution in [-0.4, -0.2) is 50.6 Å². The lowest BCUT2D eigenvalue weighted by Gasteiger charge is -2.53. The highest BCUT2D eigenvalue weighted by Gasteiger charge is 2.50. The van der Waals surface area contributed by atoms with Gasteiger partial charge in [-0.3, -0.25) is 9.36 Å². The molecule has 0 atom stereocenters. The van der Waals surface area contributed by atoms with Crippen molar-refractivity contribution < 1.29 is 19.4 Å². The van der Waals surface area contributed by atoms with E-state index < -0.39 is 11.6 Å². The first kappa shape index (κ1) is 17.7. The Labute approximate surface area is 155 Å². The first-order chi connectivity index (χ1) is 12.9. The monoisotopic (exact) mass is 374 g/mol. The Morgan fingerprint density at radius 3 is 2.78 bits per heavy atom. The van der Waals surface area contributed by atoms with Crippen molar-refractivity contribution in [3.63, 3.8) is 0 Å². The molecule has 1 aliphatic carbocycles. The van der Waals surface area contributed by atoms with Gasteiger partial charge in [0.15, 0.2) is 5.65 Å². The van der Waals surface area contributed by atoms with Gasteiger partial charge in [0.05, 0.1) is 31.1 Å². The summed E-state index contributed by atoms with van der Waals surface area (Å²) < 4.78 is 12.9. The van der Waals surface area contributed by atoms with Gasteiger partial charge in [-0.05, 0) is 38.2 Å². The van der Waals surface area contributed by atoms with Crippen molar-refractivity contribution in [3.8, 4) is 5.88 Å². The Balaban J connectivity index is 1.54. The number of nitrogens with one attached hydrogen (secondary N) is 1. The van der Waals surface area contributed by atoms with Crippen LogP contribution < -0.4 is 15.6 Å². The number of rotatable bonds is 5. The number of pyridine rings is 1.